The Labute approximate surface area is 221 Å². The number of benzene rings is 1. The van der Waals surface area contributed by atoms with Gasteiger partial charge < -0.3 is 15.5 Å². The maximum absolute atomic E-state index is 13.7. The van der Waals surface area contributed by atoms with Crippen LogP contribution in [0.3, 0.4) is 0 Å². The van der Waals surface area contributed by atoms with Crippen LogP contribution in [-0.2, 0) is 11.6 Å². The fourth-order valence-electron chi connectivity index (χ4n) is 5.64. The molecule has 0 spiro atoms. The molecule has 10 heteroatoms. The van der Waals surface area contributed by atoms with Crippen molar-refractivity contribution in [3.8, 4) is 0 Å². The molecule has 1 saturated heterocycles. The zero-order chi connectivity index (χ0) is 25.9. The van der Waals surface area contributed by atoms with Crippen LogP contribution in [0.1, 0.15) is 63.6 Å². The molecule has 36 heavy (non-hydrogen) atoms. The van der Waals surface area contributed by atoms with Crippen LogP contribution in [0, 0.1) is 11.8 Å². The monoisotopic (exact) mass is 539 g/mol. The van der Waals surface area contributed by atoms with Gasteiger partial charge in [-0.2, -0.15) is 18.2 Å². The summed E-state index contributed by atoms with van der Waals surface area (Å²) >= 11 is 11.6. The molecule has 0 unspecified atom stereocenters. The van der Waals surface area contributed by atoms with E-state index in [1.54, 1.807) is 0 Å². The lowest BCUT2D eigenvalue weighted by Crippen LogP contribution is -2.44. The molecule has 1 aromatic heterocycles. The number of hydrogen-bond donors (Lipinski definition) is 2. The minimum atomic E-state index is -4.59. The van der Waals surface area contributed by atoms with Crippen molar-refractivity contribution >= 4 is 40.7 Å². The Hall–Kier alpha value is -2.13. The van der Waals surface area contributed by atoms with Gasteiger partial charge in [0.15, 0.2) is 10.8 Å². The first-order chi connectivity index (χ1) is 17.0. The van der Waals surface area contributed by atoms with Gasteiger partial charge in [-0.15, -0.1) is 0 Å². The Morgan fingerprint density at radius 3 is 2.33 bits per heavy atom. The summed E-state index contributed by atoms with van der Waals surface area (Å²) in [4.78, 5) is 10.1. The lowest BCUT2D eigenvalue weighted by Gasteiger charge is -2.38. The van der Waals surface area contributed by atoms with E-state index in [1.165, 1.54) is 12.0 Å². The summed E-state index contributed by atoms with van der Waals surface area (Å²) in [5.74, 6) is 0.867. The van der Waals surface area contributed by atoms with E-state index in [2.05, 4.69) is 46.6 Å². The Bertz CT molecular complexity index is 1050. The molecule has 0 radical (unpaired) electrons. The third-order valence-corrected chi connectivity index (χ3v) is 7.77. The highest BCUT2D eigenvalue weighted by Gasteiger charge is 2.36. The van der Waals surface area contributed by atoms with E-state index in [0.717, 1.165) is 38.2 Å². The highest BCUT2D eigenvalue weighted by molar-refractivity contribution is 7.80. The van der Waals surface area contributed by atoms with E-state index < -0.39 is 11.9 Å². The van der Waals surface area contributed by atoms with Crippen LogP contribution in [0.2, 0.25) is 5.02 Å². The molecular formula is C26H33ClF3N5S. The second kappa shape index (κ2) is 11.1. The highest BCUT2D eigenvalue weighted by Crippen LogP contribution is 2.39. The van der Waals surface area contributed by atoms with Crippen molar-refractivity contribution in [1.29, 1.82) is 0 Å². The van der Waals surface area contributed by atoms with E-state index in [1.807, 2.05) is 17.0 Å². The summed E-state index contributed by atoms with van der Waals surface area (Å²) in [5.41, 5.74) is 0.0931. The largest absolute Gasteiger partial charge is 0.433 e. The predicted molar refractivity (Wildman–Crippen MR) is 143 cm³/mol. The number of anilines is 2. The zero-order valence-corrected chi connectivity index (χ0v) is 22.2. The quantitative estimate of drug-likeness (QED) is 0.407. The molecule has 0 bridgehead atoms. The second-order valence-corrected chi connectivity index (χ2v) is 11.3. The zero-order valence-electron chi connectivity index (χ0n) is 20.7. The molecule has 2 N–H and O–H groups in total. The molecule has 1 aliphatic carbocycles. The number of nitrogens with one attached hydrogen (secondary N) is 2. The summed E-state index contributed by atoms with van der Waals surface area (Å²) in [5, 5.41) is 6.96. The number of piperidine rings is 1. The summed E-state index contributed by atoms with van der Waals surface area (Å²) in [6, 6.07) is 8.92. The number of thiocarbonyl (C=S) groups is 1. The van der Waals surface area contributed by atoms with Gasteiger partial charge in [-0.1, -0.05) is 56.8 Å². The number of hydrogen-bond acceptors (Lipinski definition) is 4. The van der Waals surface area contributed by atoms with Gasteiger partial charge in [0, 0.05) is 36.1 Å². The average Bonchev–Trinajstić information content (AvgIpc) is 2.82. The SMILES string of the molecule is C[C@H]1C[C@H](C)CN(c2cc(C(F)(F)F)nc(NC(=S)NCC3(c4ccc(Cl)cc4)CCCCC3)n2)C1. The smallest absolute Gasteiger partial charge is 0.361 e. The van der Waals surface area contributed by atoms with Gasteiger partial charge in [0.25, 0.3) is 0 Å². The number of halogens is 4. The van der Waals surface area contributed by atoms with Gasteiger partial charge in [0.2, 0.25) is 5.95 Å². The van der Waals surface area contributed by atoms with Crippen molar-refractivity contribution in [2.24, 2.45) is 11.8 Å². The lowest BCUT2D eigenvalue weighted by atomic mass is 9.69. The average molecular weight is 540 g/mol. The molecule has 2 heterocycles. The van der Waals surface area contributed by atoms with Crippen molar-refractivity contribution in [3.63, 3.8) is 0 Å². The van der Waals surface area contributed by atoms with Crippen LogP contribution >= 0.6 is 23.8 Å². The highest BCUT2D eigenvalue weighted by atomic mass is 35.5. The van der Waals surface area contributed by atoms with Crippen molar-refractivity contribution in [2.45, 2.75) is 64.0 Å². The molecule has 2 aromatic rings. The van der Waals surface area contributed by atoms with Crippen LogP contribution in [0.15, 0.2) is 30.3 Å². The van der Waals surface area contributed by atoms with Gasteiger partial charge in [0.05, 0.1) is 0 Å². The standard InChI is InChI=1S/C26H33ClF3N5S/c1-17-12-18(2)15-35(14-17)22-13-21(26(28,29)30)32-23(33-22)34-24(36)31-16-25(10-4-3-5-11-25)19-6-8-20(27)9-7-19/h6-9,13,17-18H,3-5,10-12,14-16H2,1-2H3,(H2,31,32,33,34,36)/t17-,18-/m0/s1. The molecule has 1 aromatic carbocycles. The second-order valence-electron chi connectivity index (χ2n) is 10.4. The van der Waals surface area contributed by atoms with Gasteiger partial charge in [-0.05, 0) is 61.0 Å². The van der Waals surface area contributed by atoms with Crippen molar-refractivity contribution in [2.75, 3.05) is 29.9 Å². The summed E-state index contributed by atoms with van der Waals surface area (Å²) in [6.45, 7) is 6.09. The fraction of sp³-hybridized carbons (Fsp3) is 0.577. The Kier molecular flexibility index (Phi) is 8.29. The van der Waals surface area contributed by atoms with E-state index >= 15 is 0 Å². The summed E-state index contributed by atoms with van der Waals surface area (Å²) in [6.07, 6.45) is 1.86. The van der Waals surface area contributed by atoms with E-state index in [4.69, 9.17) is 23.8 Å². The van der Waals surface area contributed by atoms with Crippen LogP contribution in [0.5, 0.6) is 0 Å². The fourth-order valence-corrected chi connectivity index (χ4v) is 5.93. The first-order valence-corrected chi connectivity index (χ1v) is 13.3. The molecule has 4 rings (SSSR count). The first kappa shape index (κ1) is 26.9. The number of aromatic nitrogens is 2. The number of rotatable bonds is 5. The third kappa shape index (κ3) is 6.59. The summed E-state index contributed by atoms with van der Waals surface area (Å²) in [7, 11) is 0. The molecule has 2 aliphatic rings. The van der Waals surface area contributed by atoms with E-state index in [-0.39, 0.29) is 22.3 Å². The first-order valence-electron chi connectivity index (χ1n) is 12.6. The van der Waals surface area contributed by atoms with Crippen molar-refractivity contribution in [3.05, 3.63) is 46.6 Å². The van der Waals surface area contributed by atoms with Crippen LogP contribution in [-0.4, -0.2) is 34.7 Å². The van der Waals surface area contributed by atoms with E-state index in [9.17, 15) is 13.2 Å². The van der Waals surface area contributed by atoms with Gasteiger partial charge in [-0.25, -0.2) is 4.98 Å². The normalized spacial score (nSPS) is 22.2. The molecule has 2 atom stereocenters. The van der Waals surface area contributed by atoms with Gasteiger partial charge in [0.1, 0.15) is 5.82 Å². The molecule has 2 fully saturated rings. The van der Waals surface area contributed by atoms with Crippen molar-refractivity contribution < 1.29 is 13.2 Å². The van der Waals surface area contributed by atoms with Crippen molar-refractivity contribution in [1.82, 2.24) is 15.3 Å². The number of nitrogens with zero attached hydrogens (tertiary/aromatic N) is 3. The van der Waals surface area contributed by atoms with Gasteiger partial charge >= 0.3 is 6.18 Å². The Morgan fingerprint density at radius 1 is 1.08 bits per heavy atom. The molecule has 196 valence electrons. The van der Waals surface area contributed by atoms with Gasteiger partial charge in [-0.3, -0.25) is 0 Å². The number of alkyl halides is 3. The third-order valence-electron chi connectivity index (χ3n) is 7.28. The van der Waals surface area contributed by atoms with Crippen LogP contribution < -0.4 is 15.5 Å². The molecular weight excluding hydrogens is 507 g/mol. The van der Waals surface area contributed by atoms with E-state index in [0.29, 0.717) is 36.5 Å². The molecule has 1 aliphatic heterocycles. The van der Waals surface area contributed by atoms with Crippen LogP contribution in [0.4, 0.5) is 24.9 Å². The van der Waals surface area contributed by atoms with Crippen LogP contribution in [0.25, 0.3) is 0 Å². The predicted octanol–water partition coefficient (Wildman–Crippen LogP) is 6.82. The molecule has 1 saturated carbocycles. The Balaban J connectivity index is 1.51. The minimum Gasteiger partial charge on any atom is -0.361 e. The minimum absolute atomic E-state index is 0.117. The topological polar surface area (TPSA) is 53.1 Å². The maximum atomic E-state index is 13.7. The maximum Gasteiger partial charge on any atom is 0.433 e. The summed E-state index contributed by atoms with van der Waals surface area (Å²) < 4.78 is 41.0. The molecule has 0 amide bonds. The Morgan fingerprint density at radius 2 is 1.72 bits per heavy atom. The molecule has 5 nitrogen and oxygen atoms in total. The lowest BCUT2D eigenvalue weighted by molar-refractivity contribution is -0.141.